The lowest BCUT2D eigenvalue weighted by atomic mass is 10.1. The van der Waals surface area contributed by atoms with Gasteiger partial charge >= 0.3 is 0 Å². The number of fused-ring (bicyclic) bond motifs is 1. The molecule has 1 aliphatic rings. The molecule has 2 aromatic heterocycles. The van der Waals surface area contributed by atoms with Gasteiger partial charge in [-0.25, -0.2) is 14.4 Å². The van der Waals surface area contributed by atoms with Crippen LogP contribution in [0.5, 0.6) is 0 Å². The fraction of sp³-hybridized carbons (Fsp3) is 0.538. The van der Waals surface area contributed by atoms with Gasteiger partial charge < -0.3 is 24.3 Å². The highest BCUT2D eigenvalue weighted by atomic mass is 19.2. The van der Waals surface area contributed by atoms with Crippen molar-refractivity contribution in [2.24, 2.45) is 0 Å². The lowest BCUT2D eigenvalue weighted by Gasteiger charge is -2.22. The molecule has 3 rings (SSSR count). The standard InChI is InChI=1S/C13H16FN3O4/c1-7-8-3-4-17(11(8)16-6-15-7)12-9(19)10(20-2)13(14,5-18)21-12/h3-4,6,9-10,12,18-19H,5H2,1-2H3/t9-,10+,12-,13-/m1/s1. The normalized spacial score (nSPS) is 32.9. The molecule has 1 fully saturated rings. The summed E-state index contributed by atoms with van der Waals surface area (Å²) >= 11 is 0. The minimum absolute atomic E-state index is 0.517. The monoisotopic (exact) mass is 297 g/mol. The van der Waals surface area contributed by atoms with Crippen LogP contribution in [0, 0.1) is 6.92 Å². The third-order valence-electron chi connectivity index (χ3n) is 3.80. The molecule has 0 bridgehead atoms. The predicted molar refractivity (Wildman–Crippen MR) is 70.1 cm³/mol. The molecular formula is C13H16FN3O4. The van der Waals surface area contributed by atoms with Gasteiger partial charge in [-0.15, -0.1) is 0 Å². The zero-order valence-electron chi connectivity index (χ0n) is 11.6. The molecular weight excluding hydrogens is 281 g/mol. The summed E-state index contributed by atoms with van der Waals surface area (Å²) in [7, 11) is 1.25. The molecule has 114 valence electrons. The molecule has 0 spiro atoms. The van der Waals surface area contributed by atoms with Gasteiger partial charge in [-0.1, -0.05) is 0 Å². The van der Waals surface area contributed by atoms with Crippen molar-refractivity contribution in [1.82, 2.24) is 14.5 Å². The highest BCUT2D eigenvalue weighted by Gasteiger charge is 2.57. The summed E-state index contributed by atoms with van der Waals surface area (Å²) in [6, 6.07) is 1.76. The van der Waals surface area contributed by atoms with Crippen LogP contribution in [0.25, 0.3) is 11.0 Å². The van der Waals surface area contributed by atoms with Crippen LogP contribution >= 0.6 is 0 Å². The van der Waals surface area contributed by atoms with Crippen molar-refractivity contribution in [2.45, 2.75) is 31.2 Å². The topological polar surface area (TPSA) is 89.6 Å². The smallest absolute Gasteiger partial charge is 0.263 e. The van der Waals surface area contributed by atoms with E-state index >= 15 is 0 Å². The first-order valence-electron chi connectivity index (χ1n) is 6.48. The summed E-state index contributed by atoms with van der Waals surface area (Å²) in [5.41, 5.74) is 1.28. The number of hydrogen-bond acceptors (Lipinski definition) is 6. The van der Waals surface area contributed by atoms with Crippen LogP contribution in [0.4, 0.5) is 4.39 Å². The van der Waals surface area contributed by atoms with E-state index in [0.29, 0.717) is 5.65 Å². The Morgan fingerprint density at radius 3 is 2.90 bits per heavy atom. The molecule has 0 amide bonds. The number of ether oxygens (including phenoxy) is 2. The molecule has 0 aliphatic carbocycles. The van der Waals surface area contributed by atoms with Gasteiger partial charge in [-0.3, -0.25) is 0 Å². The van der Waals surface area contributed by atoms with Crippen LogP contribution in [0.2, 0.25) is 0 Å². The van der Waals surface area contributed by atoms with E-state index in [4.69, 9.17) is 9.47 Å². The van der Waals surface area contributed by atoms with E-state index in [1.165, 1.54) is 18.0 Å². The molecule has 0 unspecified atom stereocenters. The van der Waals surface area contributed by atoms with Gasteiger partial charge in [0.25, 0.3) is 5.85 Å². The highest BCUT2D eigenvalue weighted by molar-refractivity contribution is 5.78. The Morgan fingerprint density at radius 1 is 1.52 bits per heavy atom. The average Bonchev–Trinajstić information content (AvgIpc) is 3.00. The van der Waals surface area contributed by atoms with Crippen LogP contribution in [0.3, 0.4) is 0 Å². The van der Waals surface area contributed by atoms with Crippen molar-refractivity contribution in [1.29, 1.82) is 0 Å². The van der Waals surface area contributed by atoms with Crippen molar-refractivity contribution in [3.63, 3.8) is 0 Å². The first-order chi connectivity index (χ1) is 10.0. The van der Waals surface area contributed by atoms with E-state index in [2.05, 4.69) is 9.97 Å². The van der Waals surface area contributed by atoms with E-state index in [-0.39, 0.29) is 0 Å². The number of nitrogens with zero attached hydrogens (tertiary/aromatic N) is 3. The molecule has 21 heavy (non-hydrogen) atoms. The van der Waals surface area contributed by atoms with Gasteiger partial charge in [-0.05, 0) is 13.0 Å². The summed E-state index contributed by atoms with van der Waals surface area (Å²) in [5, 5.41) is 20.2. The van der Waals surface area contributed by atoms with E-state index in [1.807, 2.05) is 6.92 Å². The first-order valence-corrected chi connectivity index (χ1v) is 6.48. The van der Waals surface area contributed by atoms with Crippen LogP contribution in [0.15, 0.2) is 18.6 Å². The predicted octanol–water partition coefficient (Wildman–Crippen LogP) is 0.303. The summed E-state index contributed by atoms with van der Waals surface area (Å²) in [6.07, 6.45) is -0.585. The lowest BCUT2D eigenvalue weighted by molar-refractivity contribution is -0.211. The van der Waals surface area contributed by atoms with Crippen LogP contribution in [-0.4, -0.2) is 56.5 Å². The summed E-state index contributed by atoms with van der Waals surface area (Å²) < 4.78 is 26.1. The molecule has 4 atom stereocenters. The van der Waals surface area contributed by atoms with Gasteiger partial charge in [0.15, 0.2) is 6.23 Å². The number of methoxy groups -OCH3 is 1. The second-order valence-corrected chi connectivity index (χ2v) is 5.02. The molecule has 2 N–H and O–H groups in total. The molecule has 1 aliphatic heterocycles. The summed E-state index contributed by atoms with van der Waals surface area (Å²) in [4.78, 5) is 8.22. The van der Waals surface area contributed by atoms with E-state index in [0.717, 1.165) is 11.1 Å². The minimum atomic E-state index is -2.46. The largest absolute Gasteiger partial charge is 0.390 e. The zero-order chi connectivity index (χ0) is 15.2. The van der Waals surface area contributed by atoms with E-state index in [1.54, 1.807) is 12.3 Å². The Morgan fingerprint density at radius 2 is 2.29 bits per heavy atom. The lowest BCUT2D eigenvalue weighted by Crippen LogP contribution is -2.43. The Hall–Kier alpha value is -1.61. The third kappa shape index (κ3) is 2.03. The SMILES string of the molecule is CO[C@H]1[C@@H](O)[C@H](n2ccc3c(C)ncnc32)O[C@]1(F)CO. The van der Waals surface area contributed by atoms with Gasteiger partial charge in [0.2, 0.25) is 0 Å². The van der Waals surface area contributed by atoms with Crippen LogP contribution in [0.1, 0.15) is 11.9 Å². The second kappa shape index (κ2) is 4.99. The number of aryl methyl sites for hydroxylation is 1. The van der Waals surface area contributed by atoms with Crippen LogP contribution < -0.4 is 0 Å². The molecule has 0 radical (unpaired) electrons. The molecule has 1 saturated heterocycles. The molecule has 0 aromatic carbocycles. The second-order valence-electron chi connectivity index (χ2n) is 5.02. The van der Waals surface area contributed by atoms with Gasteiger partial charge in [0, 0.05) is 18.7 Å². The number of aliphatic hydroxyl groups excluding tert-OH is 2. The van der Waals surface area contributed by atoms with Crippen molar-refractivity contribution in [2.75, 3.05) is 13.7 Å². The molecule has 8 heteroatoms. The van der Waals surface area contributed by atoms with Crippen molar-refractivity contribution < 1.29 is 24.1 Å². The first kappa shape index (κ1) is 14.3. The van der Waals surface area contributed by atoms with E-state index in [9.17, 15) is 14.6 Å². The zero-order valence-corrected chi connectivity index (χ0v) is 11.6. The van der Waals surface area contributed by atoms with Crippen molar-refractivity contribution in [3.8, 4) is 0 Å². The minimum Gasteiger partial charge on any atom is -0.390 e. The maximum atomic E-state index is 14.5. The fourth-order valence-electron chi connectivity index (χ4n) is 2.71. The van der Waals surface area contributed by atoms with Gasteiger partial charge in [-0.2, -0.15) is 0 Å². The Labute approximate surface area is 120 Å². The van der Waals surface area contributed by atoms with Crippen molar-refractivity contribution in [3.05, 3.63) is 24.3 Å². The Kier molecular flexibility index (Phi) is 3.40. The third-order valence-corrected chi connectivity index (χ3v) is 3.80. The van der Waals surface area contributed by atoms with Crippen LogP contribution in [-0.2, 0) is 9.47 Å². The number of hydrogen-bond donors (Lipinski definition) is 2. The number of halogens is 1. The highest BCUT2D eigenvalue weighted by Crippen LogP contribution is 2.40. The quantitative estimate of drug-likeness (QED) is 0.847. The molecule has 0 saturated carbocycles. The fourth-order valence-corrected chi connectivity index (χ4v) is 2.71. The van der Waals surface area contributed by atoms with E-state index < -0.39 is 30.9 Å². The average molecular weight is 297 g/mol. The Bertz CT molecular complexity index is 664. The summed E-state index contributed by atoms with van der Waals surface area (Å²) in [6.45, 7) is 0.914. The van der Waals surface area contributed by atoms with Gasteiger partial charge in [0.05, 0.1) is 5.69 Å². The Balaban J connectivity index is 2.05. The maximum absolute atomic E-state index is 14.5. The molecule has 3 heterocycles. The van der Waals surface area contributed by atoms with Gasteiger partial charge in [0.1, 0.15) is 30.8 Å². The van der Waals surface area contributed by atoms with Crippen molar-refractivity contribution >= 4 is 11.0 Å². The number of aliphatic hydroxyl groups is 2. The maximum Gasteiger partial charge on any atom is 0.263 e. The molecule has 7 nitrogen and oxygen atoms in total. The number of rotatable bonds is 3. The summed E-state index contributed by atoms with van der Waals surface area (Å²) in [5.74, 6) is -2.46. The molecule has 2 aromatic rings. The number of aromatic nitrogens is 3. The number of alkyl halides is 1.